The Morgan fingerprint density at radius 3 is 2.47 bits per heavy atom. The Labute approximate surface area is 114 Å². The maximum Gasteiger partial charge on any atom is 0.272 e. The van der Waals surface area contributed by atoms with Crippen LogP contribution in [0.5, 0.6) is 5.75 Å². The minimum atomic E-state index is -0.342. The third-order valence-corrected chi connectivity index (χ3v) is 2.94. The molecule has 19 heavy (non-hydrogen) atoms. The van der Waals surface area contributed by atoms with Gasteiger partial charge in [0.2, 0.25) is 0 Å². The van der Waals surface area contributed by atoms with E-state index < -0.39 is 0 Å². The molecule has 0 aromatic heterocycles. The Kier molecular flexibility index (Phi) is 5.30. The molecule has 0 heterocycles. The molecule has 0 aliphatic carbocycles. The van der Waals surface area contributed by atoms with E-state index in [9.17, 15) is 10.1 Å². The quantitative estimate of drug-likeness (QED) is 0.586. The van der Waals surface area contributed by atoms with Crippen molar-refractivity contribution >= 4 is 5.69 Å². The summed E-state index contributed by atoms with van der Waals surface area (Å²) in [4.78, 5) is 12.7. The Morgan fingerprint density at radius 2 is 2.00 bits per heavy atom. The molecule has 0 atom stereocenters. The molecule has 0 saturated carbocycles. The molecule has 1 aromatic carbocycles. The number of ether oxygens (including phenoxy) is 1. The molecule has 5 heteroatoms. The van der Waals surface area contributed by atoms with Crippen molar-refractivity contribution in [2.75, 3.05) is 27.2 Å². The number of benzene rings is 1. The third kappa shape index (κ3) is 4.21. The molecule has 0 fully saturated rings. The van der Waals surface area contributed by atoms with Crippen molar-refractivity contribution < 1.29 is 9.66 Å². The average Bonchev–Trinajstić information content (AvgIpc) is 2.27. The van der Waals surface area contributed by atoms with Crippen LogP contribution in [0.3, 0.4) is 0 Å². The molecule has 0 amide bonds. The van der Waals surface area contributed by atoms with E-state index in [0.717, 1.165) is 17.9 Å². The lowest BCUT2D eigenvalue weighted by atomic mass is 9.99. The zero-order valence-electron chi connectivity index (χ0n) is 12.3. The van der Waals surface area contributed by atoms with Crippen LogP contribution in [0, 0.1) is 17.0 Å². The first-order valence-corrected chi connectivity index (χ1v) is 6.39. The highest BCUT2D eigenvalue weighted by Crippen LogP contribution is 2.33. The van der Waals surface area contributed by atoms with Crippen LogP contribution in [0.2, 0.25) is 0 Å². The molecule has 0 aliphatic heterocycles. The third-order valence-electron chi connectivity index (χ3n) is 2.94. The molecule has 5 nitrogen and oxygen atoms in total. The van der Waals surface area contributed by atoms with Crippen molar-refractivity contribution in [3.05, 3.63) is 33.4 Å². The number of aryl methyl sites for hydroxylation is 1. The normalized spacial score (nSPS) is 11.1. The molecule has 1 rings (SSSR count). The van der Waals surface area contributed by atoms with E-state index in [2.05, 4.69) is 0 Å². The number of nitrogens with zero attached hydrogens (tertiary/aromatic N) is 2. The van der Waals surface area contributed by atoms with Gasteiger partial charge in [0.15, 0.2) is 0 Å². The van der Waals surface area contributed by atoms with Gasteiger partial charge in [0.25, 0.3) is 5.69 Å². The Hall–Kier alpha value is -1.62. The van der Waals surface area contributed by atoms with E-state index >= 15 is 0 Å². The number of nitro benzene ring substituents is 1. The van der Waals surface area contributed by atoms with Crippen LogP contribution >= 0.6 is 0 Å². The molecule has 0 radical (unpaired) electrons. The van der Waals surface area contributed by atoms with Crippen LogP contribution in [0.15, 0.2) is 12.1 Å². The standard InChI is InChI=1S/C14H22N2O3/c1-10(2)12-9-13(16(17)18)11(3)8-14(12)19-7-6-15(4)5/h8-10H,6-7H2,1-5H3. The molecular formula is C14H22N2O3. The van der Waals surface area contributed by atoms with Gasteiger partial charge in [-0.1, -0.05) is 13.8 Å². The van der Waals surface area contributed by atoms with Crippen LogP contribution in [0.1, 0.15) is 30.9 Å². The average molecular weight is 266 g/mol. The lowest BCUT2D eigenvalue weighted by Gasteiger charge is -2.16. The Bertz CT molecular complexity index is 456. The van der Waals surface area contributed by atoms with Gasteiger partial charge in [-0.25, -0.2) is 0 Å². The molecule has 0 spiro atoms. The molecule has 0 N–H and O–H groups in total. The zero-order chi connectivity index (χ0) is 14.6. The van der Waals surface area contributed by atoms with Crippen LogP contribution < -0.4 is 4.74 Å². The SMILES string of the molecule is Cc1cc(OCCN(C)C)c(C(C)C)cc1[N+](=O)[O-]. The molecule has 0 unspecified atom stereocenters. The second-order valence-corrected chi connectivity index (χ2v) is 5.24. The van der Waals surface area contributed by atoms with Gasteiger partial charge in [0.1, 0.15) is 12.4 Å². The monoisotopic (exact) mass is 266 g/mol. The van der Waals surface area contributed by atoms with E-state index in [1.54, 1.807) is 19.1 Å². The predicted octanol–water partition coefficient (Wildman–Crippen LogP) is 2.97. The molecular weight excluding hydrogens is 244 g/mol. The second kappa shape index (κ2) is 6.52. The summed E-state index contributed by atoms with van der Waals surface area (Å²) in [6, 6.07) is 3.40. The summed E-state index contributed by atoms with van der Waals surface area (Å²) in [6.07, 6.45) is 0. The van der Waals surface area contributed by atoms with Gasteiger partial charge in [-0.3, -0.25) is 10.1 Å². The van der Waals surface area contributed by atoms with Crippen molar-refractivity contribution in [2.24, 2.45) is 0 Å². The minimum Gasteiger partial charge on any atom is -0.492 e. The van der Waals surface area contributed by atoms with Gasteiger partial charge in [-0.15, -0.1) is 0 Å². The van der Waals surface area contributed by atoms with Crippen LogP contribution in [0.4, 0.5) is 5.69 Å². The van der Waals surface area contributed by atoms with Gasteiger partial charge in [0, 0.05) is 23.7 Å². The van der Waals surface area contributed by atoms with Gasteiger partial charge in [-0.2, -0.15) is 0 Å². The molecule has 0 bridgehead atoms. The van der Waals surface area contributed by atoms with Crippen LogP contribution in [0.25, 0.3) is 0 Å². The van der Waals surface area contributed by atoms with Crippen molar-refractivity contribution in [3.63, 3.8) is 0 Å². The second-order valence-electron chi connectivity index (χ2n) is 5.24. The fourth-order valence-electron chi connectivity index (χ4n) is 1.80. The molecule has 106 valence electrons. The highest BCUT2D eigenvalue weighted by atomic mass is 16.6. The number of nitro groups is 1. The van der Waals surface area contributed by atoms with E-state index in [0.29, 0.717) is 12.2 Å². The first-order chi connectivity index (χ1) is 8.82. The largest absolute Gasteiger partial charge is 0.492 e. The molecule has 0 saturated heterocycles. The predicted molar refractivity (Wildman–Crippen MR) is 76.0 cm³/mol. The number of rotatable bonds is 6. The highest BCUT2D eigenvalue weighted by Gasteiger charge is 2.18. The zero-order valence-corrected chi connectivity index (χ0v) is 12.3. The topological polar surface area (TPSA) is 55.6 Å². The number of hydrogen-bond donors (Lipinski definition) is 0. The summed E-state index contributed by atoms with van der Waals surface area (Å²) in [5, 5.41) is 11.0. The number of likely N-dealkylation sites (N-methyl/N-ethyl adjacent to an activating group) is 1. The minimum absolute atomic E-state index is 0.156. The van der Waals surface area contributed by atoms with Crippen LogP contribution in [-0.2, 0) is 0 Å². The van der Waals surface area contributed by atoms with Crippen LogP contribution in [-0.4, -0.2) is 37.1 Å². The molecule has 0 aliphatic rings. The maximum absolute atomic E-state index is 11.0. The van der Waals surface area contributed by atoms with Crippen molar-refractivity contribution in [1.29, 1.82) is 0 Å². The maximum atomic E-state index is 11.0. The molecule has 1 aromatic rings. The van der Waals surface area contributed by atoms with Gasteiger partial charge < -0.3 is 9.64 Å². The highest BCUT2D eigenvalue weighted by molar-refractivity contribution is 5.51. The summed E-state index contributed by atoms with van der Waals surface area (Å²) in [5.41, 5.74) is 1.67. The summed E-state index contributed by atoms with van der Waals surface area (Å²) in [5.74, 6) is 0.939. The summed E-state index contributed by atoms with van der Waals surface area (Å²) >= 11 is 0. The van der Waals surface area contributed by atoms with E-state index in [1.807, 2.05) is 32.8 Å². The van der Waals surface area contributed by atoms with Crippen molar-refractivity contribution in [3.8, 4) is 5.75 Å². The number of hydrogen-bond acceptors (Lipinski definition) is 4. The Balaban J connectivity index is 3.02. The van der Waals surface area contributed by atoms with Crippen molar-refractivity contribution in [1.82, 2.24) is 4.90 Å². The van der Waals surface area contributed by atoms with Crippen molar-refractivity contribution in [2.45, 2.75) is 26.7 Å². The Morgan fingerprint density at radius 1 is 1.37 bits per heavy atom. The van der Waals surface area contributed by atoms with Gasteiger partial charge in [-0.05, 0) is 33.0 Å². The smallest absolute Gasteiger partial charge is 0.272 e. The van der Waals surface area contributed by atoms with E-state index in [1.165, 1.54) is 0 Å². The fraction of sp³-hybridized carbons (Fsp3) is 0.571. The first-order valence-electron chi connectivity index (χ1n) is 6.39. The first kappa shape index (κ1) is 15.4. The van der Waals surface area contributed by atoms with E-state index in [4.69, 9.17) is 4.74 Å². The summed E-state index contributed by atoms with van der Waals surface area (Å²) in [6.45, 7) is 7.14. The lowest BCUT2D eigenvalue weighted by Crippen LogP contribution is -2.20. The summed E-state index contributed by atoms with van der Waals surface area (Å²) in [7, 11) is 3.96. The fourth-order valence-corrected chi connectivity index (χ4v) is 1.80. The van der Waals surface area contributed by atoms with E-state index in [-0.39, 0.29) is 16.5 Å². The van der Waals surface area contributed by atoms with Gasteiger partial charge in [0.05, 0.1) is 4.92 Å². The summed E-state index contributed by atoms with van der Waals surface area (Å²) < 4.78 is 5.76. The lowest BCUT2D eigenvalue weighted by molar-refractivity contribution is -0.385. The van der Waals surface area contributed by atoms with Gasteiger partial charge >= 0.3 is 0 Å².